The quantitative estimate of drug-likeness (QED) is 0.0275. The number of phosphoric ester groups is 1. The Bertz CT molecular complexity index is 1610. The van der Waals surface area contributed by atoms with E-state index < -0.39 is 62.2 Å². The lowest BCUT2D eigenvalue weighted by atomic mass is 10.0. The Balaban J connectivity index is 1.91. The molecule has 69 heavy (non-hydrogen) atoms. The predicted molar refractivity (Wildman–Crippen MR) is 277 cm³/mol. The number of nitrogens with one attached hydrogen (secondary N) is 1. The molecule has 1 aromatic heterocycles. The number of nitrogens with zero attached hydrogens (tertiary/aromatic N) is 2. The first kappa shape index (κ1) is 62.8. The number of esters is 2. The first-order valence-electron chi connectivity index (χ1n) is 28.0. The van der Waals surface area contributed by atoms with Crippen molar-refractivity contribution in [3.63, 3.8) is 0 Å². The van der Waals surface area contributed by atoms with Crippen molar-refractivity contribution in [2.45, 2.75) is 270 Å². The molecule has 1 saturated heterocycles. The molecule has 2 rings (SSSR count). The van der Waals surface area contributed by atoms with Crippen LogP contribution in [0.15, 0.2) is 21.9 Å². The minimum absolute atomic E-state index is 0.0599. The summed E-state index contributed by atoms with van der Waals surface area (Å²) >= 11 is 0. The van der Waals surface area contributed by atoms with Crippen molar-refractivity contribution in [3.8, 4) is 0 Å². The largest absolute Gasteiger partial charge is 0.472 e. The number of H-pyrrole nitrogens is 1. The van der Waals surface area contributed by atoms with E-state index in [-0.39, 0.29) is 19.4 Å². The molecule has 0 bridgehead atoms. The van der Waals surface area contributed by atoms with Crippen LogP contribution in [0.2, 0.25) is 0 Å². The second-order valence-corrected chi connectivity index (χ2v) is 22.4. The SMILES string of the molecule is CCCCCCCCCCCCCCCCCCCC(=O)O[C@@H]1[C@H](OC(=O)CCCCCCCCCCCCCCCCCCC)[C@@H](COP(=O)(O)OCC[N+](C)(C)C)O[C@H]1n1ccc(=O)[nH]c1=O. The van der Waals surface area contributed by atoms with Crippen LogP contribution in [0, 0.1) is 0 Å². The van der Waals surface area contributed by atoms with Gasteiger partial charge in [0.05, 0.1) is 27.7 Å². The summed E-state index contributed by atoms with van der Waals surface area (Å²) in [6.45, 7) is 4.32. The van der Waals surface area contributed by atoms with E-state index in [0.29, 0.717) is 23.9 Å². The van der Waals surface area contributed by atoms with E-state index in [0.717, 1.165) is 49.2 Å². The fraction of sp³-hybridized carbons (Fsp3) is 0.889. The third-order valence-electron chi connectivity index (χ3n) is 13.3. The number of quaternary nitrogens is 1. The lowest BCUT2D eigenvalue weighted by Crippen LogP contribution is -2.42. The monoisotopic (exact) mass is 999 g/mol. The first-order chi connectivity index (χ1) is 33.3. The van der Waals surface area contributed by atoms with E-state index >= 15 is 0 Å². The van der Waals surface area contributed by atoms with E-state index in [1.807, 2.05) is 21.1 Å². The van der Waals surface area contributed by atoms with E-state index in [2.05, 4.69) is 18.8 Å². The maximum Gasteiger partial charge on any atom is 0.472 e. The molecule has 15 heteroatoms. The van der Waals surface area contributed by atoms with Crippen molar-refractivity contribution in [3.05, 3.63) is 33.1 Å². The molecule has 5 atom stereocenters. The standard InChI is InChI=1S/C54H100N3O11P/c1-6-8-10-12-14-16-18-20-22-24-26-28-30-32-34-36-38-40-49(59)67-51-47(46-65-69(62,63)64-45-44-57(3,4)5)66-53(56-43-42-48(58)55-54(56)61)52(51)68-50(60)41-39-37-35-33-31-29-27-25-23-21-19-17-15-13-11-9-7-2/h42-43,47,51-53H,6-41,44-46H2,1-5H3,(H-,55,58,61,62,63)/p+1/t47-,51-,52-,53-/m1/s1. The maximum absolute atomic E-state index is 13.5. The van der Waals surface area contributed by atoms with E-state index in [1.54, 1.807) is 0 Å². The molecule has 0 amide bonds. The van der Waals surface area contributed by atoms with Crippen LogP contribution in [-0.4, -0.2) is 90.1 Å². The number of hydrogen-bond donors (Lipinski definition) is 2. The van der Waals surface area contributed by atoms with Gasteiger partial charge in [-0.15, -0.1) is 0 Å². The Morgan fingerprint density at radius 2 is 0.957 bits per heavy atom. The van der Waals surface area contributed by atoms with Crippen molar-refractivity contribution in [1.82, 2.24) is 9.55 Å². The molecule has 1 aromatic rings. The summed E-state index contributed by atoms with van der Waals surface area (Å²) in [5.41, 5.74) is -1.46. The number of phosphoric acid groups is 1. The van der Waals surface area contributed by atoms with Gasteiger partial charge >= 0.3 is 25.5 Å². The molecule has 1 aliphatic rings. The Morgan fingerprint density at radius 3 is 1.32 bits per heavy atom. The van der Waals surface area contributed by atoms with Gasteiger partial charge < -0.3 is 23.6 Å². The molecule has 2 heterocycles. The van der Waals surface area contributed by atoms with E-state index in [4.69, 9.17) is 23.3 Å². The highest BCUT2D eigenvalue weighted by Gasteiger charge is 2.51. The van der Waals surface area contributed by atoms with Crippen LogP contribution in [-0.2, 0) is 37.4 Å². The number of likely N-dealkylation sites (N-methyl/N-ethyl adjacent to an activating group) is 1. The molecule has 0 aromatic carbocycles. The molecule has 2 N–H and O–H groups in total. The molecular formula is C54H101N3O11P+. The molecule has 1 aliphatic heterocycles. The Labute approximate surface area is 418 Å². The van der Waals surface area contributed by atoms with E-state index in [9.17, 15) is 28.6 Å². The van der Waals surface area contributed by atoms with Gasteiger partial charge in [0.15, 0.2) is 18.4 Å². The van der Waals surface area contributed by atoms with Crippen LogP contribution in [0.4, 0.5) is 0 Å². The second kappa shape index (κ2) is 39.2. The fourth-order valence-corrected chi connectivity index (χ4v) is 9.73. The van der Waals surface area contributed by atoms with Crippen molar-refractivity contribution < 1.29 is 46.8 Å². The molecule has 1 fully saturated rings. The summed E-state index contributed by atoms with van der Waals surface area (Å²) in [7, 11) is 1.16. The summed E-state index contributed by atoms with van der Waals surface area (Å²) in [5.74, 6) is -1.11. The Kier molecular flexibility index (Phi) is 35.7. The summed E-state index contributed by atoms with van der Waals surface area (Å²) in [4.78, 5) is 64.8. The molecule has 0 radical (unpaired) electrons. The number of aromatic nitrogens is 2. The average molecular weight is 999 g/mol. The third-order valence-corrected chi connectivity index (χ3v) is 14.3. The maximum atomic E-state index is 13.5. The van der Waals surface area contributed by atoms with E-state index in [1.165, 1.54) is 173 Å². The highest BCUT2D eigenvalue weighted by Crippen LogP contribution is 2.45. The Hall–Kier alpha value is -2.35. The zero-order valence-corrected chi connectivity index (χ0v) is 45.3. The number of hydrogen-bond acceptors (Lipinski definition) is 10. The van der Waals surface area contributed by atoms with Gasteiger partial charge in [-0.25, -0.2) is 9.36 Å². The number of ether oxygens (including phenoxy) is 3. The Morgan fingerprint density at radius 1 is 0.594 bits per heavy atom. The van der Waals surface area contributed by atoms with Crippen LogP contribution < -0.4 is 11.2 Å². The molecule has 1 unspecified atom stereocenters. The van der Waals surface area contributed by atoms with Crippen molar-refractivity contribution in [2.75, 3.05) is 40.9 Å². The van der Waals surface area contributed by atoms with Gasteiger partial charge in [-0.2, -0.15) is 0 Å². The van der Waals surface area contributed by atoms with Gasteiger partial charge in [-0.3, -0.25) is 33.0 Å². The highest BCUT2D eigenvalue weighted by molar-refractivity contribution is 7.47. The lowest BCUT2D eigenvalue weighted by Gasteiger charge is -2.25. The molecule has 14 nitrogen and oxygen atoms in total. The molecule has 402 valence electrons. The van der Waals surface area contributed by atoms with Crippen LogP contribution in [0.1, 0.15) is 251 Å². The lowest BCUT2D eigenvalue weighted by molar-refractivity contribution is -0.870. The normalized spacial score (nSPS) is 18.1. The molecule has 0 spiro atoms. The van der Waals surface area contributed by atoms with Gasteiger partial charge in [-0.1, -0.05) is 219 Å². The summed E-state index contributed by atoms with van der Waals surface area (Å²) in [5, 5.41) is 0. The second-order valence-electron chi connectivity index (χ2n) is 20.9. The molecule has 0 aliphatic carbocycles. The summed E-state index contributed by atoms with van der Waals surface area (Å²) in [6.07, 6.45) is 37.7. The van der Waals surface area contributed by atoms with Gasteiger partial charge in [0.2, 0.25) is 0 Å². The fourth-order valence-electron chi connectivity index (χ4n) is 9.01. The van der Waals surface area contributed by atoms with Gasteiger partial charge in [0, 0.05) is 25.1 Å². The summed E-state index contributed by atoms with van der Waals surface area (Å²) in [6, 6.07) is 1.13. The number of unbranched alkanes of at least 4 members (excludes halogenated alkanes) is 32. The van der Waals surface area contributed by atoms with Crippen LogP contribution >= 0.6 is 7.82 Å². The molecular weight excluding hydrogens is 898 g/mol. The third kappa shape index (κ3) is 32.4. The minimum Gasteiger partial charge on any atom is -0.455 e. The summed E-state index contributed by atoms with van der Waals surface area (Å²) < 4.78 is 43.3. The number of rotatable bonds is 46. The zero-order chi connectivity index (χ0) is 50.4. The minimum atomic E-state index is -4.59. The van der Waals surface area contributed by atoms with Gasteiger partial charge in [-0.05, 0) is 12.8 Å². The van der Waals surface area contributed by atoms with Crippen LogP contribution in [0.3, 0.4) is 0 Å². The smallest absolute Gasteiger partial charge is 0.455 e. The number of aromatic amines is 1. The van der Waals surface area contributed by atoms with Gasteiger partial charge in [0.1, 0.15) is 19.3 Å². The van der Waals surface area contributed by atoms with Crippen LogP contribution in [0.5, 0.6) is 0 Å². The molecule has 0 saturated carbocycles. The highest BCUT2D eigenvalue weighted by atomic mass is 31.2. The number of carbonyl (C=O) groups excluding carboxylic acids is 2. The predicted octanol–water partition coefficient (Wildman–Crippen LogP) is 13.2. The zero-order valence-electron chi connectivity index (χ0n) is 44.4. The number of carbonyl (C=O) groups is 2. The van der Waals surface area contributed by atoms with Crippen molar-refractivity contribution in [1.29, 1.82) is 0 Å². The average Bonchev–Trinajstić information content (AvgIpc) is 3.62. The van der Waals surface area contributed by atoms with Crippen molar-refractivity contribution in [2.24, 2.45) is 0 Å². The topological polar surface area (TPSA) is 172 Å². The first-order valence-corrected chi connectivity index (χ1v) is 29.5. The van der Waals surface area contributed by atoms with Crippen LogP contribution in [0.25, 0.3) is 0 Å². The van der Waals surface area contributed by atoms with Gasteiger partial charge in [0.25, 0.3) is 5.56 Å². The van der Waals surface area contributed by atoms with Crippen molar-refractivity contribution >= 4 is 19.8 Å².